The maximum absolute atomic E-state index is 12.9. The van der Waals surface area contributed by atoms with Crippen molar-refractivity contribution >= 4 is 11.9 Å². The maximum Gasteiger partial charge on any atom is 0.509 e. The molecule has 3 aliphatic rings. The lowest BCUT2D eigenvalue weighted by atomic mass is 9.61. The van der Waals surface area contributed by atoms with Crippen molar-refractivity contribution in [3.63, 3.8) is 0 Å². The molecule has 2 N–H and O–H groups in total. The van der Waals surface area contributed by atoms with E-state index in [9.17, 15) is 19.8 Å². The number of aliphatic hydroxyl groups is 2. The Kier molecular flexibility index (Phi) is 10.2. The Morgan fingerprint density at radius 3 is 2.54 bits per heavy atom. The fraction of sp³-hybridized carbons (Fsp3) is 0.742. The van der Waals surface area contributed by atoms with Gasteiger partial charge in [0.25, 0.3) is 0 Å². The molecule has 0 saturated heterocycles. The minimum atomic E-state index is -1.27. The molecule has 3 fully saturated rings. The zero-order valence-corrected chi connectivity index (χ0v) is 23.5. The van der Waals surface area contributed by atoms with Gasteiger partial charge in [0.1, 0.15) is 0 Å². The van der Waals surface area contributed by atoms with Crippen molar-refractivity contribution in [3.8, 4) is 0 Å². The minimum Gasteiger partial charge on any atom is -0.434 e. The molecule has 6 atom stereocenters. The summed E-state index contributed by atoms with van der Waals surface area (Å²) in [5.41, 5.74) is 1.53. The van der Waals surface area contributed by atoms with Gasteiger partial charge < -0.3 is 19.7 Å². The highest BCUT2D eigenvalue weighted by atomic mass is 16.7. The number of fused-ring (bicyclic) bond motifs is 1. The maximum atomic E-state index is 12.9. The molecule has 3 rings (SSSR count). The van der Waals surface area contributed by atoms with Crippen molar-refractivity contribution in [1.29, 1.82) is 0 Å². The monoisotopic (exact) mass is 516 g/mol. The van der Waals surface area contributed by atoms with E-state index in [1.807, 2.05) is 13.0 Å². The molecule has 3 saturated carbocycles. The predicted molar refractivity (Wildman–Crippen MR) is 145 cm³/mol. The van der Waals surface area contributed by atoms with Gasteiger partial charge in [0.2, 0.25) is 0 Å². The molecule has 6 heteroatoms. The molecular weight excluding hydrogens is 468 g/mol. The van der Waals surface area contributed by atoms with Crippen molar-refractivity contribution in [2.45, 2.75) is 117 Å². The molecular formula is C31H48O6. The number of rotatable bonds is 9. The molecule has 6 nitrogen and oxygen atoms in total. The summed E-state index contributed by atoms with van der Waals surface area (Å²) in [4.78, 5) is 24.8. The topological polar surface area (TPSA) is 93.1 Å². The average Bonchev–Trinajstić information content (AvgIpc) is 3.17. The highest BCUT2D eigenvalue weighted by molar-refractivity contribution is 5.97. The van der Waals surface area contributed by atoms with Crippen LogP contribution in [0, 0.1) is 23.2 Å². The highest BCUT2D eigenvalue weighted by Gasteiger charge is 2.50. The number of aliphatic hydroxyl groups excluding tert-OH is 2. The number of hydrogen-bond donors (Lipinski definition) is 2. The standard InChI is InChI=1S/C31H48O6/c1-6-7-17-36-29(35)37-30(3,4)28(34)15-10-21(2)26-13-14-27-23(9-8-16-31(26,27)5)12-11-22-18-24(32)20-25(33)19-22/h10-12,15,21,24-27,32-33H,6-9,13-14,16-20H2,1-5H3/b15-10+,23-12+/t21-,24-,25-,26-,27+,31-/m1/s1. The minimum absolute atomic E-state index is 0.177. The van der Waals surface area contributed by atoms with Gasteiger partial charge in [-0.3, -0.25) is 4.79 Å². The Labute approximate surface area is 223 Å². The van der Waals surface area contributed by atoms with Crippen LogP contribution in [0.4, 0.5) is 4.79 Å². The summed E-state index contributed by atoms with van der Waals surface area (Å²) in [6.45, 7) is 10.1. The van der Waals surface area contributed by atoms with Gasteiger partial charge >= 0.3 is 6.16 Å². The van der Waals surface area contributed by atoms with Crippen LogP contribution in [-0.4, -0.2) is 46.6 Å². The van der Waals surface area contributed by atoms with E-state index in [1.165, 1.54) is 12.0 Å². The summed E-state index contributed by atoms with van der Waals surface area (Å²) in [5.74, 6) is 0.983. The van der Waals surface area contributed by atoms with E-state index >= 15 is 0 Å². The third kappa shape index (κ3) is 7.57. The van der Waals surface area contributed by atoms with Gasteiger partial charge in [0, 0.05) is 0 Å². The second-order valence-corrected chi connectivity index (χ2v) is 12.3. The first kappa shape index (κ1) is 29.6. The molecule has 0 amide bonds. The van der Waals surface area contributed by atoms with Crippen LogP contribution in [-0.2, 0) is 14.3 Å². The van der Waals surface area contributed by atoms with Gasteiger partial charge in [-0.1, -0.05) is 56.6 Å². The first-order valence-electron chi connectivity index (χ1n) is 14.3. The molecule has 0 spiro atoms. The molecule has 208 valence electrons. The van der Waals surface area contributed by atoms with Gasteiger partial charge in [-0.05, 0) is 101 Å². The van der Waals surface area contributed by atoms with Crippen molar-refractivity contribution in [1.82, 2.24) is 0 Å². The molecule has 0 heterocycles. The van der Waals surface area contributed by atoms with Crippen molar-refractivity contribution in [3.05, 3.63) is 35.5 Å². The summed E-state index contributed by atoms with van der Waals surface area (Å²) >= 11 is 0. The number of ketones is 1. The first-order chi connectivity index (χ1) is 17.5. The van der Waals surface area contributed by atoms with Crippen LogP contribution in [0.25, 0.3) is 0 Å². The summed E-state index contributed by atoms with van der Waals surface area (Å²) in [7, 11) is 0. The predicted octanol–water partition coefficient (Wildman–Crippen LogP) is 6.45. The van der Waals surface area contributed by atoms with E-state index in [0.29, 0.717) is 37.7 Å². The van der Waals surface area contributed by atoms with E-state index in [2.05, 4.69) is 26.0 Å². The smallest absolute Gasteiger partial charge is 0.434 e. The summed E-state index contributed by atoms with van der Waals surface area (Å²) in [5, 5.41) is 20.0. The van der Waals surface area contributed by atoms with Crippen LogP contribution in [0.3, 0.4) is 0 Å². The lowest BCUT2D eigenvalue weighted by Gasteiger charge is -2.44. The summed E-state index contributed by atoms with van der Waals surface area (Å²) < 4.78 is 10.4. The van der Waals surface area contributed by atoms with Crippen LogP contribution in [0.5, 0.6) is 0 Å². The Morgan fingerprint density at radius 1 is 1.16 bits per heavy atom. The van der Waals surface area contributed by atoms with E-state index in [1.54, 1.807) is 19.9 Å². The third-order valence-electron chi connectivity index (χ3n) is 8.95. The number of carbonyl (C=O) groups excluding carboxylic acids is 2. The molecule has 0 bridgehead atoms. The molecule has 0 aromatic heterocycles. The zero-order chi connectivity index (χ0) is 27.2. The van der Waals surface area contributed by atoms with Crippen LogP contribution >= 0.6 is 0 Å². The second kappa shape index (κ2) is 12.8. The Bertz CT molecular complexity index is 887. The van der Waals surface area contributed by atoms with Gasteiger partial charge in [-0.2, -0.15) is 0 Å². The molecule has 3 aliphatic carbocycles. The van der Waals surface area contributed by atoms with Gasteiger partial charge in [0.05, 0.1) is 18.8 Å². The fourth-order valence-corrected chi connectivity index (χ4v) is 6.84. The molecule has 37 heavy (non-hydrogen) atoms. The zero-order valence-electron chi connectivity index (χ0n) is 23.5. The van der Waals surface area contributed by atoms with Gasteiger partial charge in [-0.15, -0.1) is 0 Å². The first-order valence-corrected chi connectivity index (χ1v) is 14.3. The van der Waals surface area contributed by atoms with E-state index in [4.69, 9.17) is 9.47 Å². The van der Waals surface area contributed by atoms with Crippen LogP contribution in [0.2, 0.25) is 0 Å². The van der Waals surface area contributed by atoms with Gasteiger partial charge in [0.15, 0.2) is 11.4 Å². The average molecular weight is 517 g/mol. The molecule has 0 aromatic carbocycles. The van der Waals surface area contributed by atoms with E-state index in [-0.39, 0.29) is 17.1 Å². The van der Waals surface area contributed by atoms with Crippen molar-refractivity contribution in [2.24, 2.45) is 23.2 Å². The molecule has 0 unspecified atom stereocenters. The Balaban J connectivity index is 1.63. The van der Waals surface area contributed by atoms with Crippen LogP contribution in [0.15, 0.2) is 35.5 Å². The Hall–Kier alpha value is -1.92. The van der Waals surface area contributed by atoms with E-state index in [0.717, 1.165) is 44.1 Å². The largest absolute Gasteiger partial charge is 0.509 e. The van der Waals surface area contributed by atoms with Crippen molar-refractivity contribution < 1.29 is 29.3 Å². The number of allylic oxidation sites excluding steroid dienone is 4. The van der Waals surface area contributed by atoms with Gasteiger partial charge in [-0.25, -0.2) is 4.79 Å². The number of carbonyl (C=O) groups is 2. The van der Waals surface area contributed by atoms with Crippen molar-refractivity contribution in [2.75, 3.05) is 6.61 Å². The highest BCUT2D eigenvalue weighted by Crippen LogP contribution is 2.59. The summed E-state index contributed by atoms with van der Waals surface area (Å²) in [6, 6.07) is 0. The molecule has 0 aromatic rings. The second-order valence-electron chi connectivity index (χ2n) is 12.3. The fourth-order valence-electron chi connectivity index (χ4n) is 6.84. The molecule has 0 radical (unpaired) electrons. The molecule has 0 aliphatic heterocycles. The van der Waals surface area contributed by atoms with Crippen LogP contribution < -0.4 is 0 Å². The SMILES string of the molecule is CCCCOC(=O)OC(C)(C)C(=O)/C=C/[C@@H](C)[C@H]1CC[C@H]2/C(=C/C=C3C[C@@H](O)C[C@H](O)C3)CCC[C@]12C. The Morgan fingerprint density at radius 2 is 1.86 bits per heavy atom. The van der Waals surface area contributed by atoms with E-state index < -0.39 is 24.0 Å². The lowest BCUT2D eigenvalue weighted by Crippen LogP contribution is -2.37. The quantitative estimate of drug-likeness (QED) is 0.208. The third-order valence-corrected chi connectivity index (χ3v) is 8.95. The number of unbranched alkanes of at least 4 members (excludes halogenated alkanes) is 1. The number of ether oxygens (including phenoxy) is 2. The van der Waals surface area contributed by atoms with Crippen LogP contribution in [0.1, 0.15) is 98.8 Å². The number of hydrogen-bond acceptors (Lipinski definition) is 6. The normalized spacial score (nSPS) is 32.3. The summed E-state index contributed by atoms with van der Waals surface area (Å²) in [6.07, 6.45) is 15.5. The lowest BCUT2D eigenvalue weighted by molar-refractivity contribution is -0.131.